The number of phenolic OH excluding ortho intramolecular Hbond substituents is 1. The predicted octanol–water partition coefficient (Wildman–Crippen LogP) is 4.52. The highest BCUT2D eigenvalue weighted by Gasteiger charge is 2.32. The van der Waals surface area contributed by atoms with E-state index in [-0.39, 0.29) is 24.8 Å². The number of phenols is 1. The average Bonchev–Trinajstić information content (AvgIpc) is 2.53. The fourth-order valence-corrected chi connectivity index (χ4v) is 4.30. The van der Waals surface area contributed by atoms with Gasteiger partial charge < -0.3 is 10.4 Å². The van der Waals surface area contributed by atoms with Gasteiger partial charge in [0.05, 0.1) is 0 Å². The van der Waals surface area contributed by atoms with Crippen molar-refractivity contribution >= 4 is 40.7 Å². The second kappa shape index (κ2) is 10.1. The first-order chi connectivity index (χ1) is 10.3. The molecule has 0 aromatic heterocycles. The number of aromatic hydroxyl groups is 1. The van der Waals surface area contributed by atoms with E-state index in [2.05, 4.69) is 32.2 Å². The number of halogens is 3. The molecule has 1 atom stereocenters. The van der Waals surface area contributed by atoms with E-state index in [9.17, 15) is 5.11 Å². The van der Waals surface area contributed by atoms with Crippen LogP contribution in [-0.2, 0) is 0 Å². The quantitative estimate of drug-likeness (QED) is 0.746. The Morgan fingerprint density at radius 2 is 1.74 bits per heavy atom. The first-order valence-corrected chi connectivity index (χ1v) is 8.98. The van der Waals surface area contributed by atoms with Crippen molar-refractivity contribution in [1.82, 2.24) is 10.2 Å². The Morgan fingerprint density at radius 3 is 2.39 bits per heavy atom. The van der Waals surface area contributed by atoms with E-state index < -0.39 is 0 Å². The molecule has 1 heterocycles. The first kappa shape index (κ1) is 21.0. The minimum atomic E-state index is 0. The number of piperazine rings is 1. The summed E-state index contributed by atoms with van der Waals surface area (Å²) in [7, 11) is 0. The molecule has 3 rings (SSSR count). The van der Waals surface area contributed by atoms with Crippen LogP contribution >= 0.6 is 40.7 Å². The monoisotopic (exact) mass is 424 g/mol. The third kappa shape index (κ3) is 5.23. The smallest absolute Gasteiger partial charge is 0.120 e. The summed E-state index contributed by atoms with van der Waals surface area (Å²) in [5.41, 5.74) is 1.11. The fourth-order valence-electron chi connectivity index (χ4n) is 3.92. The third-order valence-corrected chi connectivity index (χ3v) is 5.44. The number of nitrogens with one attached hydrogen (secondary N) is 1. The standard InChI is InChI=1S/C17H25BrN2O.2ClH/c18-14-6-7-16(21)15(12-14)17(13-4-2-1-3-5-13)20-10-8-19-9-11-20;;/h6-7,12-13,17,19,21H,1-5,8-11H2;2*1H/t17-;;/m1../s1. The molecule has 0 unspecified atom stereocenters. The second-order valence-electron chi connectivity index (χ2n) is 6.33. The van der Waals surface area contributed by atoms with Gasteiger partial charge in [0, 0.05) is 42.3 Å². The molecule has 0 bridgehead atoms. The highest BCUT2D eigenvalue weighted by Crippen LogP contribution is 2.42. The van der Waals surface area contributed by atoms with Crippen LogP contribution in [0.15, 0.2) is 22.7 Å². The number of benzene rings is 1. The summed E-state index contributed by atoms with van der Waals surface area (Å²) < 4.78 is 1.06. The van der Waals surface area contributed by atoms with E-state index in [1.165, 1.54) is 32.1 Å². The van der Waals surface area contributed by atoms with Crippen LogP contribution in [0.4, 0.5) is 0 Å². The van der Waals surface area contributed by atoms with Crippen LogP contribution in [0.5, 0.6) is 5.75 Å². The molecule has 1 aliphatic carbocycles. The van der Waals surface area contributed by atoms with Crippen LogP contribution in [0.25, 0.3) is 0 Å². The van der Waals surface area contributed by atoms with Gasteiger partial charge in [-0.1, -0.05) is 35.2 Å². The molecular weight excluding hydrogens is 399 g/mol. The summed E-state index contributed by atoms with van der Waals surface area (Å²) in [6.07, 6.45) is 6.63. The second-order valence-corrected chi connectivity index (χ2v) is 7.25. The molecular formula is C17H27BrCl2N2O. The number of hydrogen-bond acceptors (Lipinski definition) is 3. The molecule has 3 nitrogen and oxygen atoms in total. The lowest BCUT2D eigenvalue weighted by Gasteiger charge is -2.41. The van der Waals surface area contributed by atoms with Gasteiger partial charge in [0.25, 0.3) is 0 Å². The minimum absolute atomic E-state index is 0. The summed E-state index contributed by atoms with van der Waals surface area (Å²) in [6.45, 7) is 4.26. The van der Waals surface area contributed by atoms with E-state index in [0.29, 0.717) is 17.7 Å². The van der Waals surface area contributed by atoms with Gasteiger partial charge in [-0.15, -0.1) is 24.8 Å². The molecule has 0 radical (unpaired) electrons. The Labute approximate surface area is 160 Å². The van der Waals surface area contributed by atoms with Crippen LogP contribution < -0.4 is 5.32 Å². The van der Waals surface area contributed by atoms with Crippen LogP contribution in [0.2, 0.25) is 0 Å². The largest absolute Gasteiger partial charge is 0.508 e. The molecule has 0 amide bonds. The molecule has 1 saturated carbocycles. The van der Waals surface area contributed by atoms with Crippen molar-refractivity contribution in [2.75, 3.05) is 26.2 Å². The van der Waals surface area contributed by atoms with E-state index in [0.717, 1.165) is 36.2 Å². The summed E-state index contributed by atoms with van der Waals surface area (Å²) in [6, 6.07) is 6.24. The Morgan fingerprint density at radius 1 is 1.09 bits per heavy atom. The lowest BCUT2D eigenvalue weighted by atomic mass is 9.80. The van der Waals surface area contributed by atoms with Crippen molar-refractivity contribution in [3.8, 4) is 5.75 Å². The normalized spacial score (nSPS) is 21.1. The summed E-state index contributed by atoms with van der Waals surface area (Å²) in [5.74, 6) is 1.13. The van der Waals surface area contributed by atoms with Crippen molar-refractivity contribution in [1.29, 1.82) is 0 Å². The molecule has 2 N–H and O–H groups in total. The molecule has 0 spiro atoms. The number of rotatable bonds is 3. The minimum Gasteiger partial charge on any atom is -0.508 e. The predicted molar refractivity (Wildman–Crippen MR) is 104 cm³/mol. The van der Waals surface area contributed by atoms with Gasteiger partial charge >= 0.3 is 0 Å². The molecule has 6 heteroatoms. The molecule has 1 saturated heterocycles. The van der Waals surface area contributed by atoms with Crippen LogP contribution in [0, 0.1) is 5.92 Å². The maximum Gasteiger partial charge on any atom is 0.120 e. The van der Waals surface area contributed by atoms with Gasteiger partial charge in [-0.2, -0.15) is 0 Å². The van der Waals surface area contributed by atoms with Crippen molar-refractivity contribution in [2.24, 2.45) is 5.92 Å². The van der Waals surface area contributed by atoms with E-state index in [4.69, 9.17) is 0 Å². The Kier molecular flexibility index (Phi) is 9.24. The number of hydrogen-bond donors (Lipinski definition) is 2. The molecule has 1 aromatic rings. The van der Waals surface area contributed by atoms with Crippen LogP contribution in [0.3, 0.4) is 0 Å². The van der Waals surface area contributed by atoms with Gasteiger partial charge in [-0.05, 0) is 37.0 Å². The zero-order chi connectivity index (χ0) is 14.7. The molecule has 2 fully saturated rings. The lowest BCUT2D eigenvalue weighted by molar-refractivity contribution is 0.101. The lowest BCUT2D eigenvalue weighted by Crippen LogP contribution is -2.47. The van der Waals surface area contributed by atoms with Gasteiger partial charge in [-0.3, -0.25) is 4.90 Å². The van der Waals surface area contributed by atoms with Crippen molar-refractivity contribution in [3.63, 3.8) is 0 Å². The summed E-state index contributed by atoms with van der Waals surface area (Å²) in [5, 5.41) is 13.8. The number of nitrogens with zero attached hydrogens (tertiary/aromatic N) is 1. The summed E-state index contributed by atoms with van der Waals surface area (Å²) >= 11 is 3.57. The zero-order valence-electron chi connectivity index (χ0n) is 13.3. The zero-order valence-corrected chi connectivity index (χ0v) is 16.6. The first-order valence-electron chi connectivity index (χ1n) is 8.19. The average molecular weight is 426 g/mol. The van der Waals surface area contributed by atoms with E-state index in [1.54, 1.807) is 0 Å². The van der Waals surface area contributed by atoms with Crippen LogP contribution in [0.1, 0.15) is 43.7 Å². The Balaban J connectivity index is 0.00000132. The highest BCUT2D eigenvalue weighted by molar-refractivity contribution is 9.10. The van der Waals surface area contributed by atoms with Gasteiger partial charge in [0.2, 0.25) is 0 Å². The molecule has 23 heavy (non-hydrogen) atoms. The van der Waals surface area contributed by atoms with Gasteiger partial charge in [0.1, 0.15) is 5.75 Å². The van der Waals surface area contributed by atoms with E-state index in [1.807, 2.05) is 12.1 Å². The Bertz CT molecular complexity index is 460. The van der Waals surface area contributed by atoms with Crippen molar-refractivity contribution < 1.29 is 5.11 Å². The van der Waals surface area contributed by atoms with Gasteiger partial charge in [-0.25, -0.2) is 0 Å². The maximum atomic E-state index is 10.4. The Hall–Kier alpha value is -0.0000000000000000971. The topological polar surface area (TPSA) is 35.5 Å². The molecule has 1 aliphatic heterocycles. The van der Waals surface area contributed by atoms with E-state index >= 15 is 0 Å². The SMILES string of the molecule is Cl.Cl.Oc1ccc(Br)cc1[C@@H](C1CCCCC1)N1CCNCC1. The maximum absolute atomic E-state index is 10.4. The van der Waals surface area contributed by atoms with Crippen LogP contribution in [-0.4, -0.2) is 36.2 Å². The fraction of sp³-hybridized carbons (Fsp3) is 0.647. The highest BCUT2D eigenvalue weighted by atomic mass is 79.9. The van der Waals surface area contributed by atoms with Crippen molar-refractivity contribution in [3.05, 3.63) is 28.2 Å². The van der Waals surface area contributed by atoms with Gasteiger partial charge in [0.15, 0.2) is 0 Å². The molecule has 132 valence electrons. The molecule has 2 aliphatic rings. The van der Waals surface area contributed by atoms with Crippen molar-refractivity contribution in [2.45, 2.75) is 38.1 Å². The summed E-state index contributed by atoms with van der Waals surface area (Å²) in [4.78, 5) is 2.58. The third-order valence-electron chi connectivity index (χ3n) is 4.95. The molecule has 1 aromatic carbocycles.